The van der Waals surface area contributed by atoms with Gasteiger partial charge in [-0.05, 0) is 30.0 Å². The van der Waals surface area contributed by atoms with E-state index in [1.54, 1.807) is 0 Å². The Labute approximate surface area is 153 Å². The molecule has 0 bridgehead atoms. The topological polar surface area (TPSA) is 50.4 Å². The fraction of sp³-hybridized carbons (Fsp3) is 0.136. The van der Waals surface area contributed by atoms with E-state index < -0.39 is 0 Å². The van der Waals surface area contributed by atoms with Gasteiger partial charge in [-0.2, -0.15) is 0 Å². The van der Waals surface area contributed by atoms with E-state index in [4.69, 9.17) is 4.74 Å². The monoisotopic (exact) mass is 344 g/mol. The second-order valence-corrected chi connectivity index (χ2v) is 5.74. The number of nitrogens with one attached hydrogen (secondary N) is 2. The number of hydrogen-bond acceptors (Lipinski definition) is 2. The van der Waals surface area contributed by atoms with Gasteiger partial charge < -0.3 is 15.4 Å². The molecule has 0 saturated heterocycles. The van der Waals surface area contributed by atoms with Crippen molar-refractivity contribution in [3.05, 3.63) is 72.3 Å². The zero-order chi connectivity index (χ0) is 18.2. The Hall–Kier alpha value is -3.45. The molecule has 0 spiro atoms. The smallest absolute Gasteiger partial charge is 0.320 e. The van der Waals surface area contributed by atoms with Crippen LogP contribution in [0.1, 0.15) is 5.56 Å². The Bertz CT molecular complexity index is 965. The van der Waals surface area contributed by atoms with E-state index in [1.807, 2.05) is 73.7 Å². The van der Waals surface area contributed by atoms with Gasteiger partial charge >= 0.3 is 6.03 Å². The second-order valence-electron chi connectivity index (χ2n) is 5.74. The minimum absolute atomic E-state index is 0.261. The third kappa shape index (κ3) is 4.55. The lowest BCUT2D eigenvalue weighted by Crippen LogP contribution is -2.29. The Kier molecular flexibility index (Phi) is 5.74. The lowest BCUT2D eigenvalue weighted by molar-refractivity contribution is 0.253. The molecule has 0 aromatic heterocycles. The number of hydrogen-bond donors (Lipinski definition) is 2. The molecule has 0 unspecified atom stereocenters. The van der Waals surface area contributed by atoms with Gasteiger partial charge in [0, 0.05) is 11.1 Å². The van der Waals surface area contributed by atoms with Gasteiger partial charge in [-0.1, -0.05) is 66.4 Å². The number of amides is 2. The average Bonchev–Trinajstić information content (AvgIpc) is 2.66. The molecule has 4 nitrogen and oxygen atoms in total. The van der Waals surface area contributed by atoms with Crippen LogP contribution in [-0.2, 0) is 0 Å². The SMILES string of the molecule is Cc1ccccc1NC(=O)NCC#CCOc1cccc2ccccc12. The molecule has 0 aliphatic carbocycles. The quantitative estimate of drug-likeness (QED) is 0.691. The predicted molar refractivity (Wildman–Crippen MR) is 105 cm³/mol. The molecular formula is C22H20N2O2. The van der Waals surface area contributed by atoms with Crippen molar-refractivity contribution < 1.29 is 9.53 Å². The summed E-state index contributed by atoms with van der Waals surface area (Å²) in [4.78, 5) is 11.8. The predicted octanol–water partition coefficient (Wildman–Crippen LogP) is 4.35. The van der Waals surface area contributed by atoms with E-state index in [2.05, 4.69) is 22.5 Å². The highest BCUT2D eigenvalue weighted by Gasteiger charge is 2.02. The van der Waals surface area contributed by atoms with Crippen LogP contribution in [0.25, 0.3) is 10.8 Å². The molecule has 0 heterocycles. The molecular weight excluding hydrogens is 324 g/mol. The summed E-state index contributed by atoms with van der Waals surface area (Å²) in [6.45, 7) is 2.48. The number of urea groups is 1. The molecule has 2 amide bonds. The van der Waals surface area contributed by atoms with Crippen LogP contribution in [0, 0.1) is 18.8 Å². The maximum absolute atomic E-state index is 11.8. The van der Waals surface area contributed by atoms with Gasteiger partial charge in [0.1, 0.15) is 12.4 Å². The summed E-state index contributed by atoms with van der Waals surface area (Å²) in [6.07, 6.45) is 0. The zero-order valence-electron chi connectivity index (χ0n) is 14.6. The Morgan fingerprint density at radius 1 is 0.962 bits per heavy atom. The minimum Gasteiger partial charge on any atom is -0.480 e. The van der Waals surface area contributed by atoms with Gasteiger partial charge in [-0.3, -0.25) is 0 Å². The Balaban J connectivity index is 1.46. The standard InChI is InChI=1S/C22H20N2O2/c1-17-9-2-5-13-20(17)24-22(25)23-15-6-7-16-26-21-14-8-11-18-10-3-4-12-19(18)21/h2-5,8-14H,15-16H2,1H3,(H2,23,24,25). The molecule has 4 heteroatoms. The summed E-state index contributed by atoms with van der Waals surface area (Å²) in [5, 5.41) is 7.70. The highest BCUT2D eigenvalue weighted by Crippen LogP contribution is 2.24. The summed E-state index contributed by atoms with van der Waals surface area (Å²) in [7, 11) is 0. The van der Waals surface area contributed by atoms with Crippen molar-refractivity contribution >= 4 is 22.5 Å². The van der Waals surface area contributed by atoms with E-state index in [-0.39, 0.29) is 19.2 Å². The summed E-state index contributed by atoms with van der Waals surface area (Å²) < 4.78 is 5.74. The van der Waals surface area contributed by atoms with Crippen molar-refractivity contribution in [1.29, 1.82) is 0 Å². The fourth-order valence-corrected chi connectivity index (χ4v) is 2.55. The van der Waals surface area contributed by atoms with E-state index >= 15 is 0 Å². The molecule has 2 N–H and O–H groups in total. The van der Waals surface area contributed by atoms with E-state index in [0.29, 0.717) is 0 Å². The van der Waals surface area contributed by atoms with Gasteiger partial charge in [0.2, 0.25) is 0 Å². The van der Waals surface area contributed by atoms with Crippen LogP contribution in [0.2, 0.25) is 0 Å². The maximum atomic E-state index is 11.8. The van der Waals surface area contributed by atoms with Crippen LogP contribution >= 0.6 is 0 Å². The van der Waals surface area contributed by atoms with E-state index in [1.165, 1.54) is 0 Å². The number of carbonyl (C=O) groups excluding carboxylic acids is 1. The molecule has 3 aromatic rings. The molecule has 0 saturated carbocycles. The minimum atomic E-state index is -0.274. The summed E-state index contributed by atoms with van der Waals surface area (Å²) >= 11 is 0. The van der Waals surface area contributed by atoms with Crippen LogP contribution in [0.4, 0.5) is 10.5 Å². The third-order valence-electron chi connectivity index (χ3n) is 3.91. The van der Waals surface area contributed by atoms with E-state index in [0.717, 1.165) is 27.8 Å². The number of anilines is 1. The molecule has 0 aliphatic heterocycles. The molecule has 0 atom stereocenters. The molecule has 0 fully saturated rings. The first-order chi connectivity index (χ1) is 12.7. The number of benzene rings is 3. The second kappa shape index (κ2) is 8.59. The number of fused-ring (bicyclic) bond motifs is 1. The number of carbonyl (C=O) groups is 1. The lowest BCUT2D eigenvalue weighted by atomic mass is 10.1. The van der Waals surface area contributed by atoms with Crippen LogP contribution in [-0.4, -0.2) is 19.2 Å². The van der Waals surface area contributed by atoms with Gasteiger partial charge in [0.25, 0.3) is 0 Å². The van der Waals surface area contributed by atoms with Crippen LogP contribution < -0.4 is 15.4 Å². The summed E-state index contributed by atoms with van der Waals surface area (Å²) in [5.74, 6) is 6.61. The van der Waals surface area contributed by atoms with Crippen molar-refractivity contribution in [3.8, 4) is 17.6 Å². The highest BCUT2D eigenvalue weighted by atomic mass is 16.5. The molecule has 0 radical (unpaired) electrons. The first-order valence-corrected chi connectivity index (χ1v) is 8.41. The Morgan fingerprint density at radius 2 is 1.73 bits per heavy atom. The van der Waals surface area contributed by atoms with E-state index in [9.17, 15) is 4.79 Å². The molecule has 26 heavy (non-hydrogen) atoms. The number of aryl methyl sites for hydroxylation is 1. The van der Waals surface area contributed by atoms with Crippen LogP contribution in [0.3, 0.4) is 0 Å². The van der Waals surface area contributed by atoms with Gasteiger partial charge in [-0.25, -0.2) is 4.79 Å². The first kappa shape index (κ1) is 17.4. The molecule has 3 rings (SSSR count). The van der Waals surface area contributed by atoms with Crippen LogP contribution in [0.15, 0.2) is 66.7 Å². The lowest BCUT2D eigenvalue weighted by Gasteiger charge is -2.07. The largest absolute Gasteiger partial charge is 0.480 e. The normalized spacial score (nSPS) is 9.88. The fourth-order valence-electron chi connectivity index (χ4n) is 2.55. The van der Waals surface area contributed by atoms with Gasteiger partial charge in [0.15, 0.2) is 0 Å². The Morgan fingerprint density at radius 3 is 2.62 bits per heavy atom. The van der Waals surface area contributed by atoms with Crippen LogP contribution in [0.5, 0.6) is 5.75 Å². The summed E-state index contributed by atoms with van der Waals surface area (Å²) in [6, 6.07) is 21.3. The van der Waals surface area contributed by atoms with Crippen molar-refractivity contribution in [2.24, 2.45) is 0 Å². The van der Waals surface area contributed by atoms with Gasteiger partial charge in [-0.15, -0.1) is 0 Å². The maximum Gasteiger partial charge on any atom is 0.320 e. The van der Waals surface area contributed by atoms with Crippen molar-refractivity contribution in [1.82, 2.24) is 5.32 Å². The number of ether oxygens (including phenoxy) is 1. The van der Waals surface area contributed by atoms with Crippen molar-refractivity contribution in [2.75, 3.05) is 18.5 Å². The highest BCUT2D eigenvalue weighted by molar-refractivity contribution is 5.90. The number of rotatable bonds is 4. The average molecular weight is 344 g/mol. The zero-order valence-corrected chi connectivity index (χ0v) is 14.6. The first-order valence-electron chi connectivity index (χ1n) is 8.41. The molecule has 0 aliphatic rings. The molecule has 130 valence electrons. The van der Waals surface area contributed by atoms with Crippen molar-refractivity contribution in [3.63, 3.8) is 0 Å². The van der Waals surface area contributed by atoms with Crippen molar-refractivity contribution in [2.45, 2.75) is 6.92 Å². The molecule has 3 aromatic carbocycles. The van der Waals surface area contributed by atoms with Gasteiger partial charge in [0.05, 0.1) is 6.54 Å². The third-order valence-corrected chi connectivity index (χ3v) is 3.91. The summed E-state index contributed by atoms with van der Waals surface area (Å²) in [5.41, 5.74) is 1.80. The number of para-hydroxylation sites is 1.